The van der Waals surface area contributed by atoms with E-state index in [0.717, 1.165) is 129 Å². The highest BCUT2D eigenvalue weighted by Crippen LogP contribution is 2.43. The number of nitrogens with one attached hydrogen (secondary N) is 4. The van der Waals surface area contributed by atoms with E-state index in [-0.39, 0.29) is 119 Å². The van der Waals surface area contributed by atoms with E-state index in [4.69, 9.17) is 5.73 Å². The second-order valence-electron chi connectivity index (χ2n) is 30.6. The van der Waals surface area contributed by atoms with E-state index in [1.165, 1.54) is 91.9 Å². The first-order chi connectivity index (χ1) is 65.3. The van der Waals surface area contributed by atoms with Gasteiger partial charge >= 0.3 is 71.3 Å². The van der Waals surface area contributed by atoms with Gasteiger partial charge in [-0.15, -0.1) is 56.7 Å². The number of hydrogen-bond acceptors (Lipinski definition) is 21. The topological polar surface area (TPSA) is 453 Å². The van der Waals surface area contributed by atoms with Crippen molar-refractivity contribution in [1.82, 2.24) is 71.4 Å². The summed E-state index contributed by atoms with van der Waals surface area (Å²) in [4.78, 5) is 176. The molecule has 0 aliphatic carbocycles. The summed E-state index contributed by atoms with van der Waals surface area (Å²) in [5, 5.41) is 54.6. The van der Waals surface area contributed by atoms with Crippen molar-refractivity contribution in [3.8, 4) is 22.7 Å². The van der Waals surface area contributed by atoms with Crippen LogP contribution in [0.5, 0.6) is 0 Å². The minimum atomic E-state index is -4.74. The zero-order chi connectivity index (χ0) is 98.7. The molecule has 0 saturated heterocycles. The van der Waals surface area contributed by atoms with Gasteiger partial charge in [0, 0.05) is 108 Å². The van der Waals surface area contributed by atoms with Gasteiger partial charge in [-0.2, -0.15) is 52.7 Å². The van der Waals surface area contributed by atoms with Gasteiger partial charge in [-0.05, 0) is 122 Å². The number of nitrogen functional groups attached to an aromatic ring is 1. The lowest BCUT2D eigenvalue weighted by Crippen LogP contribution is -2.34. The molecule has 138 heavy (non-hydrogen) atoms. The Hall–Kier alpha value is -16.4. The van der Waals surface area contributed by atoms with Crippen LogP contribution in [0.15, 0.2) is 227 Å². The molecule has 0 amide bonds. The fourth-order valence-corrected chi connectivity index (χ4v) is 19.7. The number of benzene rings is 5. The van der Waals surface area contributed by atoms with Crippen LogP contribution in [0.2, 0.25) is 0 Å². The summed E-state index contributed by atoms with van der Waals surface area (Å²) in [5.41, 5.74) is -4.68. The van der Waals surface area contributed by atoms with E-state index < -0.39 is 161 Å². The maximum Gasteiger partial charge on any atom is 0.416 e. The van der Waals surface area contributed by atoms with Crippen LogP contribution in [0, 0.1) is 13.8 Å². The molecule has 0 atom stereocenters. The second-order valence-corrected chi connectivity index (χ2v) is 34.7. The molecule has 0 radical (unpaired) electrons. The van der Waals surface area contributed by atoms with Crippen LogP contribution in [0.3, 0.4) is 0 Å². The molecule has 10 N–H and O–H groups in total. The van der Waals surface area contributed by atoms with Crippen molar-refractivity contribution in [3.05, 3.63) is 350 Å². The molecule has 0 unspecified atom stereocenters. The van der Waals surface area contributed by atoms with Gasteiger partial charge in [0.2, 0.25) is 0 Å². The highest BCUT2D eigenvalue weighted by Gasteiger charge is 2.40. The Morgan fingerprint density at radius 1 is 0.362 bits per heavy atom. The van der Waals surface area contributed by atoms with Gasteiger partial charge < -0.3 is 64.4 Å². The summed E-state index contributed by atoms with van der Waals surface area (Å²) in [5.74, 6) is -5.90. The fraction of sp³-hybridized carbons (Fsp3) is 0.112. The number of aryl methyl sites for hydroxylation is 2. The number of pyridine rings is 2. The standard InChI is InChI=1S/C24H16F3N3O4S.C22H14F3N5O4S.C22H13F3N4O4S.C21H13F3N4O4S2/c1-12-2-4-13(5-3-12)9-29-18-7-6-14(24(25,26)27)8-15(18)19(20(29)22(32)33)30-21(31)16-10-35-11-17(16)28-23(30)34;23-22(24,25)11-1-2-15-12(6-11)17(30-19(31)13-8-35-9-14(13)28-21(30)34)18(20(32)33)29(15)7-10-3-4-27-16(26)5-10;23-22(24,25)12-3-4-16-13(6-12)17(29-19(30)14-9-34-10-15(14)27-21(29)33)18(20(31)32)28(16)8-11-2-1-5-26-7-11;1-9-25-11(6-34-9)5-27-15-3-2-10(21(22,23)24)4-12(15)16(17(27)19(30)31)28-18(29)13-7-33-8-14(13)26-20(28)32/h2-8,10-11H,9H2,1H3,(H,28,34)(H,32,33);1-6,8-9H,7H2,(H2,26,27)(H,28,34)(H,32,33);1-7,9-10H,8H2,(H,27,33)(H,31,32);2-4,6-8H,5H2,1H3,(H,26,32)(H,30,31). The minimum Gasteiger partial charge on any atom is -0.477 e. The molecule has 15 heterocycles. The Kier molecular flexibility index (Phi) is 24.0. The minimum absolute atomic E-state index is 0.00285. The molecule has 0 fully saturated rings. The molecule has 20 rings (SSSR count). The first-order valence-corrected chi connectivity index (χ1v) is 44.3. The lowest BCUT2D eigenvalue weighted by atomic mass is 10.1. The van der Waals surface area contributed by atoms with Gasteiger partial charge in [-0.3, -0.25) is 24.2 Å². The molecule has 702 valence electrons. The van der Waals surface area contributed by atoms with Crippen LogP contribution < -0.4 is 50.7 Å². The number of carboxylic acid groups (broad SMARTS) is 4. The summed E-state index contributed by atoms with van der Waals surface area (Å²) in [6.07, 6.45) is -14.5. The third-order valence-corrected chi connectivity index (χ3v) is 25.8. The maximum absolute atomic E-state index is 13.6. The number of halogens is 12. The molecular formula is C89H56F12N16O16S5. The number of carboxylic acids is 4. The zero-order valence-electron chi connectivity index (χ0n) is 69.6. The third kappa shape index (κ3) is 17.2. The number of aromatic carboxylic acids is 4. The van der Waals surface area contributed by atoms with E-state index in [2.05, 4.69) is 34.9 Å². The summed E-state index contributed by atoms with van der Waals surface area (Å²) in [6, 6.07) is 24.4. The molecule has 5 aromatic carbocycles. The number of nitrogens with two attached hydrogens (primary N) is 1. The van der Waals surface area contributed by atoms with Gasteiger partial charge in [0.1, 0.15) is 5.82 Å². The van der Waals surface area contributed by atoms with Crippen molar-refractivity contribution in [1.29, 1.82) is 0 Å². The van der Waals surface area contributed by atoms with Crippen molar-refractivity contribution in [2.45, 2.75) is 64.7 Å². The smallest absolute Gasteiger partial charge is 0.416 e. The van der Waals surface area contributed by atoms with Crippen molar-refractivity contribution in [2.24, 2.45) is 0 Å². The van der Waals surface area contributed by atoms with Crippen LogP contribution in [-0.2, 0) is 50.9 Å². The van der Waals surface area contributed by atoms with Gasteiger partial charge in [0.05, 0.1) is 128 Å². The van der Waals surface area contributed by atoms with Gasteiger partial charge in [-0.1, -0.05) is 35.9 Å². The Morgan fingerprint density at radius 2 is 0.674 bits per heavy atom. The van der Waals surface area contributed by atoms with E-state index in [1.807, 2.05) is 19.1 Å². The normalized spacial score (nSPS) is 12.0. The zero-order valence-corrected chi connectivity index (χ0v) is 73.6. The van der Waals surface area contributed by atoms with Crippen molar-refractivity contribution < 1.29 is 92.3 Å². The molecule has 32 nitrogen and oxygen atoms in total. The number of aromatic nitrogens is 15. The Balaban J connectivity index is 0.000000127. The van der Waals surface area contributed by atoms with E-state index in [0.29, 0.717) is 40.7 Å². The molecular weight excluding hydrogens is 1940 g/mol. The van der Waals surface area contributed by atoms with Gasteiger partial charge in [0.15, 0.2) is 22.8 Å². The number of hydrogen-bond donors (Lipinski definition) is 9. The predicted octanol–water partition coefficient (Wildman–Crippen LogP) is 16.3. The average Bonchev–Trinajstić information content (AvgIpc) is 1.58. The third-order valence-electron chi connectivity index (χ3n) is 22.0. The van der Waals surface area contributed by atoms with E-state index in [9.17, 15) is 131 Å². The molecule has 49 heteroatoms. The molecule has 0 bridgehead atoms. The number of fused-ring (bicyclic) bond motifs is 8. The molecule has 20 aromatic rings. The average molecular weight is 1990 g/mol. The van der Waals surface area contributed by atoms with Crippen molar-refractivity contribution in [3.63, 3.8) is 0 Å². The molecule has 0 aliphatic rings. The van der Waals surface area contributed by atoms with Crippen LogP contribution in [-0.4, -0.2) is 116 Å². The number of carbonyl (C=O) groups is 4. The lowest BCUT2D eigenvalue weighted by molar-refractivity contribution is -0.138. The Morgan fingerprint density at radius 3 is 0.957 bits per heavy atom. The molecule has 15 aromatic heterocycles. The van der Waals surface area contributed by atoms with Crippen molar-refractivity contribution in [2.75, 3.05) is 5.73 Å². The van der Waals surface area contributed by atoms with E-state index in [1.54, 1.807) is 48.0 Å². The number of thiophene rings is 4. The summed E-state index contributed by atoms with van der Waals surface area (Å²) in [7, 11) is 0. The van der Waals surface area contributed by atoms with Crippen LogP contribution >= 0.6 is 56.7 Å². The summed E-state index contributed by atoms with van der Waals surface area (Å²) >= 11 is 5.91. The fourth-order valence-electron chi connectivity index (χ4n) is 16.0. The number of nitrogens with zero attached hydrogens (tertiary/aromatic N) is 11. The maximum atomic E-state index is 13.6. The molecule has 0 aliphatic heterocycles. The SMILES string of the molecule is Cc1ccc(Cn2c(C(=O)O)c(-n3c(=O)[nH]c4cscc4c3=O)c3cc(C(F)(F)F)ccc32)cc1.Cc1nc(Cn2c(C(=O)O)c(-n3c(=O)[nH]c4cscc4c3=O)c3cc(C(F)(F)F)ccc32)cs1.Nc1cc(Cn2c(C(=O)O)c(-n3c(=O)[nH]c4cscc4c3=O)c3cc(C(F)(F)F)ccc32)ccn1.O=C(O)c1c(-n2c(=O)[nH]c3cscc3c2=O)c2cc(C(F)(F)F)ccc2n1Cc1cccnc1. The van der Waals surface area contributed by atoms with Crippen LogP contribution in [0.4, 0.5) is 58.5 Å². The summed E-state index contributed by atoms with van der Waals surface area (Å²) in [6.45, 7) is 3.37. The van der Waals surface area contributed by atoms with Crippen LogP contribution in [0.25, 0.3) is 110 Å². The number of rotatable bonds is 16. The molecule has 0 spiro atoms. The monoisotopic (exact) mass is 1990 g/mol. The molecule has 0 saturated carbocycles. The highest BCUT2D eigenvalue weighted by molar-refractivity contribution is 7.10. The number of aromatic amines is 4. The quantitative estimate of drug-likeness (QED) is 0.0406. The van der Waals surface area contributed by atoms with Crippen molar-refractivity contribution >= 4 is 174 Å². The summed E-state index contributed by atoms with van der Waals surface area (Å²) < 4.78 is 170. The Bertz CT molecular complexity index is 8980. The van der Waals surface area contributed by atoms with Gasteiger partial charge in [-0.25, -0.2) is 66.6 Å². The number of alkyl halides is 12. The predicted molar refractivity (Wildman–Crippen MR) is 489 cm³/mol. The largest absolute Gasteiger partial charge is 0.477 e. The van der Waals surface area contributed by atoms with Crippen LogP contribution in [0.1, 0.15) is 97.2 Å². The number of H-pyrrole nitrogens is 4. The lowest BCUT2D eigenvalue weighted by Gasteiger charge is -2.10. The first-order valence-electron chi connectivity index (χ1n) is 39.6. The number of thiazole rings is 1. The highest BCUT2D eigenvalue weighted by atomic mass is 32.1. The second kappa shape index (κ2) is 35.4. The van der Waals surface area contributed by atoms with Gasteiger partial charge in [0.25, 0.3) is 22.2 Å². The number of anilines is 1. The Labute approximate surface area is 775 Å². The van der Waals surface area contributed by atoms with E-state index >= 15 is 0 Å². The first kappa shape index (κ1) is 93.4.